The van der Waals surface area contributed by atoms with Gasteiger partial charge in [0.1, 0.15) is 17.2 Å². The monoisotopic (exact) mass is 449 g/mol. The van der Waals surface area contributed by atoms with Gasteiger partial charge in [-0.2, -0.15) is 0 Å². The third-order valence-electron chi connectivity index (χ3n) is 4.24. The molecular weight excluding hydrogens is 428 g/mol. The summed E-state index contributed by atoms with van der Waals surface area (Å²) in [6.45, 7) is 7.11. The average molecular weight is 450 g/mol. The van der Waals surface area contributed by atoms with E-state index < -0.39 is 28.9 Å². The molecule has 0 saturated heterocycles. The van der Waals surface area contributed by atoms with Crippen LogP contribution < -0.4 is 10.5 Å². The lowest BCUT2D eigenvalue weighted by Gasteiger charge is -2.28. The van der Waals surface area contributed by atoms with Gasteiger partial charge < -0.3 is 4.74 Å². The fraction of sp³-hybridized carbons (Fsp3) is 0.318. The number of hydrogen-bond donors (Lipinski definition) is 0. The van der Waals surface area contributed by atoms with Crippen LogP contribution in [0.5, 0.6) is 0 Å². The molecule has 6 nitrogen and oxygen atoms in total. The van der Waals surface area contributed by atoms with Crippen molar-refractivity contribution >= 4 is 34.5 Å². The number of anilines is 1. The van der Waals surface area contributed by atoms with E-state index in [1.54, 1.807) is 32.9 Å². The normalized spacial score (nSPS) is 11.6. The Morgan fingerprint density at radius 1 is 1.19 bits per heavy atom. The second-order valence-corrected chi connectivity index (χ2v) is 8.35. The summed E-state index contributed by atoms with van der Waals surface area (Å²) in [5, 5.41) is 0.199. The van der Waals surface area contributed by atoms with Crippen molar-refractivity contribution in [3.63, 3.8) is 0 Å². The van der Waals surface area contributed by atoms with Gasteiger partial charge in [0.25, 0.3) is 5.56 Å². The number of carbonyl (C=O) groups is 1. The van der Waals surface area contributed by atoms with E-state index in [9.17, 15) is 18.4 Å². The van der Waals surface area contributed by atoms with E-state index in [-0.39, 0.29) is 34.1 Å². The summed E-state index contributed by atoms with van der Waals surface area (Å²) in [5.74, 6) is -1.89. The lowest BCUT2D eigenvalue weighted by atomic mass is 10.2. The molecule has 164 valence electrons. The Morgan fingerprint density at radius 2 is 1.84 bits per heavy atom. The molecule has 0 fully saturated rings. The van der Waals surface area contributed by atoms with E-state index in [1.165, 1.54) is 11.0 Å². The van der Waals surface area contributed by atoms with Gasteiger partial charge >= 0.3 is 6.09 Å². The molecule has 0 aliphatic heterocycles. The summed E-state index contributed by atoms with van der Waals surface area (Å²) in [6.07, 6.45) is -0.228. The molecule has 9 heteroatoms. The highest BCUT2D eigenvalue weighted by atomic mass is 35.5. The van der Waals surface area contributed by atoms with Gasteiger partial charge in [0, 0.05) is 12.6 Å². The van der Waals surface area contributed by atoms with Crippen molar-refractivity contribution in [1.29, 1.82) is 0 Å². The predicted octanol–water partition coefficient (Wildman–Crippen LogP) is 5.47. The molecular formula is C22H22ClF2N3O3. The van der Waals surface area contributed by atoms with E-state index in [2.05, 4.69) is 4.98 Å². The maximum atomic E-state index is 14.0. The van der Waals surface area contributed by atoms with E-state index in [0.717, 1.165) is 16.7 Å². The summed E-state index contributed by atoms with van der Waals surface area (Å²) in [4.78, 5) is 32.0. The molecule has 3 aromatic rings. The van der Waals surface area contributed by atoms with E-state index >= 15 is 0 Å². The largest absolute Gasteiger partial charge is 0.443 e. The summed E-state index contributed by atoms with van der Waals surface area (Å²) in [5.41, 5.74) is -1.36. The fourth-order valence-corrected chi connectivity index (χ4v) is 3.32. The summed E-state index contributed by atoms with van der Waals surface area (Å²) in [6, 6.07) is 7.36. The smallest absolute Gasteiger partial charge is 0.417 e. The Labute approximate surface area is 183 Å². The number of rotatable bonds is 4. The molecule has 0 atom stereocenters. The predicted molar refractivity (Wildman–Crippen MR) is 116 cm³/mol. The highest BCUT2D eigenvalue weighted by Crippen LogP contribution is 2.26. The number of benzene rings is 2. The number of hydrogen-bond acceptors (Lipinski definition) is 4. The maximum Gasteiger partial charge on any atom is 0.417 e. The molecule has 0 unspecified atom stereocenters. The summed E-state index contributed by atoms with van der Waals surface area (Å²) in [7, 11) is 0. The Bertz CT molecular complexity index is 1180. The minimum Gasteiger partial charge on any atom is -0.443 e. The molecule has 0 N–H and O–H groups in total. The highest BCUT2D eigenvalue weighted by molar-refractivity contribution is 6.35. The van der Waals surface area contributed by atoms with Crippen LogP contribution in [0.1, 0.15) is 34.1 Å². The lowest BCUT2D eigenvalue weighted by Crippen LogP contribution is -2.41. The Kier molecular flexibility index (Phi) is 6.31. The third-order valence-corrected chi connectivity index (χ3v) is 4.55. The van der Waals surface area contributed by atoms with Crippen molar-refractivity contribution in [1.82, 2.24) is 9.55 Å². The zero-order valence-electron chi connectivity index (χ0n) is 17.6. The molecule has 0 saturated carbocycles. The van der Waals surface area contributed by atoms with E-state index in [0.29, 0.717) is 12.5 Å². The second-order valence-electron chi connectivity index (χ2n) is 7.95. The van der Waals surface area contributed by atoms with Gasteiger partial charge in [-0.15, -0.1) is 0 Å². The number of aromatic nitrogens is 2. The van der Waals surface area contributed by atoms with Gasteiger partial charge in [0.05, 0.1) is 21.6 Å². The van der Waals surface area contributed by atoms with Crippen molar-refractivity contribution in [3.8, 4) is 5.69 Å². The van der Waals surface area contributed by atoms with Crippen LogP contribution in [0.2, 0.25) is 5.02 Å². The third kappa shape index (κ3) is 4.85. The molecule has 1 aromatic heterocycles. The van der Waals surface area contributed by atoms with Crippen molar-refractivity contribution in [2.75, 3.05) is 11.4 Å². The van der Waals surface area contributed by atoms with Crippen LogP contribution in [0.4, 0.5) is 19.5 Å². The van der Waals surface area contributed by atoms with Crippen LogP contribution in [0, 0.1) is 11.6 Å². The average Bonchev–Trinajstić information content (AvgIpc) is 2.63. The van der Waals surface area contributed by atoms with Crippen LogP contribution in [0.3, 0.4) is 0 Å². The van der Waals surface area contributed by atoms with Gasteiger partial charge in [-0.3, -0.25) is 4.79 Å². The molecule has 0 spiro atoms. The van der Waals surface area contributed by atoms with Gasteiger partial charge in [0.15, 0.2) is 0 Å². The van der Waals surface area contributed by atoms with Gasteiger partial charge in [-0.1, -0.05) is 24.6 Å². The zero-order chi connectivity index (χ0) is 22.9. The van der Waals surface area contributed by atoms with Gasteiger partial charge in [0.2, 0.25) is 5.95 Å². The number of carbonyl (C=O) groups excluding carboxylic acids is 1. The minimum atomic E-state index is -0.883. The first-order chi connectivity index (χ1) is 14.5. The molecule has 0 aliphatic rings. The van der Waals surface area contributed by atoms with Crippen LogP contribution >= 0.6 is 11.6 Å². The number of nitrogens with zero attached hydrogens (tertiary/aromatic N) is 3. The molecule has 1 heterocycles. The molecule has 0 aliphatic carbocycles. The highest BCUT2D eigenvalue weighted by Gasteiger charge is 2.28. The first kappa shape index (κ1) is 22.7. The maximum absolute atomic E-state index is 14.0. The number of halogens is 3. The van der Waals surface area contributed by atoms with Crippen molar-refractivity contribution < 1.29 is 18.3 Å². The Balaban J connectivity index is 2.37. The van der Waals surface area contributed by atoms with Crippen LogP contribution in [0.15, 0.2) is 41.2 Å². The van der Waals surface area contributed by atoms with Crippen molar-refractivity contribution in [2.24, 2.45) is 0 Å². The first-order valence-corrected chi connectivity index (χ1v) is 10.1. The first-order valence-electron chi connectivity index (χ1n) is 9.70. The zero-order valence-corrected chi connectivity index (χ0v) is 18.3. The van der Waals surface area contributed by atoms with Gasteiger partial charge in [-0.05, 0) is 51.5 Å². The molecule has 31 heavy (non-hydrogen) atoms. The summed E-state index contributed by atoms with van der Waals surface area (Å²) < 4.78 is 34.4. The van der Waals surface area contributed by atoms with Gasteiger partial charge in [-0.25, -0.2) is 28.0 Å². The Hall–Kier alpha value is -3.00. The number of ether oxygens (including phenoxy) is 1. The molecule has 0 radical (unpaired) electrons. The van der Waals surface area contributed by atoms with Crippen LogP contribution in [-0.2, 0) is 4.74 Å². The number of fused-ring (bicyclic) bond motifs is 1. The SMILES string of the molecule is CCCN(C(=O)OC(C)(C)C)c1nc2cccc(Cl)c2c(=O)n1-c1cc(F)cc(F)c1. The minimum absolute atomic E-state index is 0.0678. The summed E-state index contributed by atoms with van der Waals surface area (Å²) >= 11 is 6.22. The standard InChI is InChI=1S/C22H22ClF2N3O3/c1-5-9-27(21(30)31-22(2,3)4)20-26-17-8-6-7-16(23)18(17)19(29)28(20)15-11-13(24)10-14(25)12-15/h6-8,10-12H,5,9H2,1-4H3. The van der Waals surface area contributed by atoms with Crippen molar-refractivity contribution in [3.05, 3.63) is 63.4 Å². The Morgan fingerprint density at radius 3 is 2.42 bits per heavy atom. The quantitative estimate of drug-likeness (QED) is 0.530. The molecule has 3 rings (SSSR count). The van der Waals surface area contributed by atoms with E-state index in [1.807, 2.05) is 6.92 Å². The van der Waals surface area contributed by atoms with Crippen LogP contribution in [-0.4, -0.2) is 27.8 Å². The molecule has 2 aromatic carbocycles. The molecule has 1 amide bonds. The number of amides is 1. The van der Waals surface area contributed by atoms with Crippen LogP contribution in [0.25, 0.3) is 16.6 Å². The topological polar surface area (TPSA) is 64.4 Å². The lowest BCUT2D eigenvalue weighted by molar-refractivity contribution is 0.0577. The molecule has 0 bridgehead atoms. The second kappa shape index (κ2) is 8.63. The fourth-order valence-electron chi connectivity index (χ4n) is 3.07. The van der Waals surface area contributed by atoms with E-state index in [4.69, 9.17) is 16.3 Å². The van der Waals surface area contributed by atoms with Crippen molar-refractivity contribution in [2.45, 2.75) is 39.7 Å².